The van der Waals surface area contributed by atoms with Gasteiger partial charge in [0.05, 0.1) is 0 Å². The van der Waals surface area contributed by atoms with E-state index in [0.717, 1.165) is 0 Å². The van der Waals surface area contributed by atoms with E-state index in [1.54, 1.807) is 0 Å². The fraction of sp³-hybridized carbons (Fsp3) is 0.357. The molecule has 5 heteroatoms. The molecule has 0 spiro atoms. The van der Waals surface area contributed by atoms with Gasteiger partial charge in [-0.3, -0.25) is 0 Å². The van der Waals surface area contributed by atoms with Crippen LogP contribution in [-0.2, 0) is 98.1 Å². The maximum Gasteiger partial charge on any atom is 0.102 e. The molecule has 0 amide bonds. The number of benzene rings is 3. The molecule has 0 nitrogen and oxygen atoms in total. The minimum Gasteiger partial charge on any atom is -0.184 e. The van der Waals surface area contributed by atoms with Crippen molar-refractivity contribution in [2.24, 2.45) is 0 Å². The zero-order valence-electron chi connectivity index (χ0n) is 23.0. The molecular weight excluding hydrogens is 625 g/mol. The molecule has 0 heterocycles. The van der Waals surface area contributed by atoms with E-state index in [1.807, 2.05) is 174 Å². The number of rotatable bonds is 0. The largest absolute Gasteiger partial charge is 0.184 e. The molecule has 0 unspecified atom stereocenters. The van der Waals surface area contributed by atoms with Crippen molar-refractivity contribution in [2.45, 2.75) is 68.8 Å². The molecule has 0 aliphatic heterocycles. The van der Waals surface area contributed by atoms with Crippen LogP contribution >= 0.6 is 0 Å². The van der Waals surface area contributed by atoms with Crippen LogP contribution < -0.4 is 0 Å². The summed E-state index contributed by atoms with van der Waals surface area (Å²) in [6, 6.07) is 37.5. The Morgan fingerprint density at radius 1 is 0.333 bits per heavy atom. The van der Waals surface area contributed by atoms with E-state index in [2.05, 4.69) is 18.2 Å². The van der Waals surface area contributed by atoms with Crippen molar-refractivity contribution in [3.63, 3.8) is 0 Å². The third-order valence-corrected chi connectivity index (χ3v) is 1.82. The second kappa shape index (κ2) is 76.6. The van der Waals surface area contributed by atoms with Crippen molar-refractivity contribution in [2.75, 3.05) is 0 Å². The topological polar surface area (TPSA) is 0 Å². The van der Waals surface area contributed by atoms with Gasteiger partial charge in [0, 0.05) is 98.1 Å². The molecule has 0 saturated heterocycles. The molecular formula is C28H45B2Y3-3. The maximum absolute atomic E-state index is 2.89. The van der Waals surface area contributed by atoms with Gasteiger partial charge in [-0.1, -0.05) is 68.8 Å². The molecule has 0 bridgehead atoms. The molecule has 3 aromatic rings. The first-order valence-corrected chi connectivity index (χ1v) is 11.0. The summed E-state index contributed by atoms with van der Waals surface area (Å²) in [6.45, 7) is 20.0. The van der Waals surface area contributed by atoms with Crippen molar-refractivity contribution in [1.82, 2.24) is 0 Å². The molecule has 175 valence electrons. The molecule has 0 aliphatic carbocycles. The minimum atomic E-state index is 0. The standard InChI is InChI=1S/3C6H5.2C2H6B.3C2H6.3Y/c3*1-2-4-6-5-3-1;2*1-3-2;3*1-2;;;/h3*1-5H;2*1-2H3;3*1-2H3;;;/q3*-1;;;;;;;;. The van der Waals surface area contributed by atoms with Gasteiger partial charge in [-0.15, -0.1) is 0 Å². The predicted octanol–water partition coefficient (Wildman–Crippen LogP) is 9.11. The summed E-state index contributed by atoms with van der Waals surface area (Å²) in [5.74, 6) is 0. The van der Waals surface area contributed by atoms with Crippen molar-refractivity contribution >= 4 is 14.6 Å². The molecule has 0 atom stereocenters. The van der Waals surface area contributed by atoms with Crippen molar-refractivity contribution in [3.05, 3.63) is 109 Å². The number of hydrogen-bond donors (Lipinski definition) is 0. The van der Waals surface area contributed by atoms with Gasteiger partial charge in [0.15, 0.2) is 0 Å². The van der Waals surface area contributed by atoms with E-state index >= 15 is 0 Å². The zero-order chi connectivity index (χ0) is 24.1. The van der Waals surface area contributed by atoms with Crippen LogP contribution in [0.15, 0.2) is 91.0 Å². The van der Waals surface area contributed by atoms with E-state index in [1.165, 1.54) is 0 Å². The summed E-state index contributed by atoms with van der Waals surface area (Å²) in [5.41, 5.74) is 0. The van der Waals surface area contributed by atoms with E-state index in [9.17, 15) is 0 Å². The number of hydrogen-bond acceptors (Lipinski definition) is 0. The third kappa shape index (κ3) is 87.8. The molecule has 0 aliphatic rings. The van der Waals surface area contributed by atoms with Crippen molar-refractivity contribution in [3.8, 4) is 0 Å². The molecule has 3 rings (SSSR count). The van der Waals surface area contributed by atoms with E-state index < -0.39 is 0 Å². The average Bonchev–Trinajstić information content (AvgIpc) is 2.88. The van der Waals surface area contributed by atoms with Crippen LogP contribution in [0, 0.1) is 18.2 Å². The van der Waals surface area contributed by atoms with Gasteiger partial charge in [0.2, 0.25) is 0 Å². The van der Waals surface area contributed by atoms with Gasteiger partial charge >= 0.3 is 0 Å². The Labute approximate surface area is 286 Å². The summed E-state index contributed by atoms with van der Waals surface area (Å²) in [5, 5.41) is 0. The second-order valence-electron chi connectivity index (χ2n) is 4.39. The van der Waals surface area contributed by atoms with Crippen LogP contribution in [-0.4, -0.2) is 14.6 Å². The van der Waals surface area contributed by atoms with E-state index in [-0.39, 0.29) is 98.1 Å². The Kier molecular flexibility index (Phi) is 127. The fourth-order valence-corrected chi connectivity index (χ4v) is 1.03. The predicted molar refractivity (Wildman–Crippen MR) is 145 cm³/mol. The first-order valence-electron chi connectivity index (χ1n) is 11.0. The van der Waals surface area contributed by atoms with Crippen molar-refractivity contribution < 1.29 is 98.1 Å². The van der Waals surface area contributed by atoms with Crippen molar-refractivity contribution in [1.29, 1.82) is 0 Å². The van der Waals surface area contributed by atoms with E-state index in [0.29, 0.717) is 0 Å². The van der Waals surface area contributed by atoms with Crippen LogP contribution in [0.25, 0.3) is 0 Å². The molecule has 33 heavy (non-hydrogen) atoms. The van der Waals surface area contributed by atoms with Gasteiger partial charge in [0.25, 0.3) is 0 Å². The van der Waals surface area contributed by atoms with Crippen LogP contribution in [0.4, 0.5) is 0 Å². The first kappa shape index (κ1) is 54.8. The first-order chi connectivity index (χ1) is 14.8. The zero-order valence-corrected chi connectivity index (χ0v) is 31.6. The Morgan fingerprint density at radius 3 is 0.485 bits per heavy atom. The van der Waals surface area contributed by atoms with Gasteiger partial charge in [0.1, 0.15) is 14.6 Å². The molecule has 3 aromatic carbocycles. The summed E-state index contributed by atoms with van der Waals surface area (Å²) >= 11 is 0. The second-order valence-corrected chi connectivity index (χ2v) is 4.39. The van der Waals surface area contributed by atoms with Gasteiger partial charge < -0.3 is 0 Å². The molecule has 0 N–H and O–H groups in total. The summed E-state index contributed by atoms with van der Waals surface area (Å²) in [6.07, 6.45) is 0. The summed E-state index contributed by atoms with van der Waals surface area (Å²) in [7, 11) is 4.00. The Balaban J connectivity index is -0.0000000374. The average molecular weight is 670 g/mol. The quantitative estimate of drug-likeness (QED) is 0.166. The SMILES string of the molecule is CC.CC.CC.C[B]C.C[B]C.[Y].[Y].[Y].[c-]1ccccc1.[c-]1ccccc1.[c-]1ccccc1. The molecule has 0 saturated carbocycles. The Morgan fingerprint density at radius 2 is 0.455 bits per heavy atom. The van der Waals surface area contributed by atoms with Crippen LogP contribution in [0.1, 0.15) is 41.5 Å². The summed E-state index contributed by atoms with van der Waals surface area (Å²) in [4.78, 5) is 0. The Hall–Kier alpha value is 1.10. The van der Waals surface area contributed by atoms with Gasteiger partial charge in [-0.25, -0.2) is 0 Å². The molecule has 0 fully saturated rings. The Bertz CT molecular complexity index is 342. The van der Waals surface area contributed by atoms with Crippen LogP contribution in [0.2, 0.25) is 27.3 Å². The van der Waals surface area contributed by atoms with Gasteiger partial charge in [-0.2, -0.15) is 109 Å². The van der Waals surface area contributed by atoms with Crippen LogP contribution in [0.5, 0.6) is 0 Å². The summed E-state index contributed by atoms with van der Waals surface area (Å²) < 4.78 is 0. The van der Waals surface area contributed by atoms with E-state index in [4.69, 9.17) is 0 Å². The van der Waals surface area contributed by atoms with Crippen LogP contribution in [0.3, 0.4) is 0 Å². The molecule has 5 radical (unpaired) electrons. The fourth-order valence-electron chi connectivity index (χ4n) is 1.03. The minimum absolute atomic E-state index is 0. The maximum atomic E-state index is 2.89. The smallest absolute Gasteiger partial charge is 0.102 e. The van der Waals surface area contributed by atoms with Gasteiger partial charge in [-0.05, 0) is 0 Å². The third-order valence-electron chi connectivity index (χ3n) is 1.82. The monoisotopic (exact) mass is 670 g/mol. The molecule has 0 aromatic heterocycles. The normalized spacial score (nSPS) is 5.76.